The van der Waals surface area contributed by atoms with Crippen LogP contribution in [0.25, 0.3) is 12.2 Å². The van der Waals surface area contributed by atoms with Crippen LogP contribution in [0.1, 0.15) is 16.7 Å². The quantitative estimate of drug-likeness (QED) is 0.555. The summed E-state index contributed by atoms with van der Waals surface area (Å²) in [6, 6.07) is 16.4. The Morgan fingerprint density at radius 3 is 2.06 bits per heavy atom. The van der Waals surface area contributed by atoms with Crippen LogP contribution in [-0.2, 0) is 0 Å². The van der Waals surface area contributed by atoms with Gasteiger partial charge >= 0.3 is 0 Å². The van der Waals surface area contributed by atoms with Crippen molar-refractivity contribution >= 4 is 36.5 Å². The van der Waals surface area contributed by atoms with E-state index in [-0.39, 0.29) is 12.4 Å². The van der Waals surface area contributed by atoms with E-state index < -0.39 is 0 Å². The molecule has 2 heteroatoms. The molecule has 17 heavy (non-hydrogen) atoms. The third kappa shape index (κ3) is 2.29. The number of hydrogen-bond donors (Lipinski definition) is 0. The van der Waals surface area contributed by atoms with Gasteiger partial charge in [-0.2, -0.15) is 0 Å². The predicted molar refractivity (Wildman–Crippen MR) is 76.3 cm³/mol. The maximum absolute atomic E-state index is 4.51. The summed E-state index contributed by atoms with van der Waals surface area (Å²) >= 11 is 0. The maximum Gasteiger partial charge on any atom is 0.0702 e. The van der Waals surface area contributed by atoms with Crippen LogP contribution in [0.15, 0.2) is 53.5 Å². The lowest BCUT2D eigenvalue weighted by atomic mass is 10.0. The summed E-state index contributed by atoms with van der Waals surface area (Å²) in [5.74, 6) is 0. The second-order valence-electron chi connectivity index (χ2n) is 3.78. The third-order valence-electron chi connectivity index (χ3n) is 2.72. The van der Waals surface area contributed by atoms with Gasteiger partial charge in [0.25, 0.3) is 0 Å². The van der Waals surface area contributed by atoms with Crippen molar-refractivity contribution in [3.8, 4) is 0 Å². The Kier molecular flexibility index (Phi) is 3.40. The fourth-order valence-corrected chi connectivity index (χ4v) is 1.84. The molecule has 0 saturated carbocycles. The molecule has 2 aromatic carbocycles. The van der Waals surface area contributed by atoms with E-state index in [4.69, 9.17) is 0 Å². The van der Waals surface area contributed by atoms with Crippen LogP contribution in [0.3, 0.4) is 0 Å². The predicted octanol–water partition coefficient (Wildman–Crippen LogP) is 4.34. The van der Waals surface area contributed by atoms with E-state index in [0.29, 0.717) is 0 Å². The van der Waals surface area contributed by atoms with Gasteiger partial charge in [-0.3, -0.25) is 4.99 Å². The highest BCUT2D eigenvalue weighted by atomic mass is 35.5. The number of rotatable bonds is 0. The van der Waals surface area contributed by atoms with Gasteiger partial charge in [0, 0.05) is 11.8 Å². The normalized spacial score (nSPS) is 15.5. The zero-order valence-corrected chi connectivity index (χ0v) is 10.0. The molecule has 0 aliphatic carbocycles. The largest absolute Gasteiger partial charge is 0.256 e. The van der Waals surface area contributed by atoms with E-state index in [2.05, 4.69) is 35.3 Å². The van der Waals surface area contributed by atoms with E-state index >= 15 is 0 Å². The Morgan fingerprint density at radius 1 is 0.647 bits per heavy atom. The van der Waals surface area contributed by atoms with Crippen molar-refractivity contribution in [3.05, 3.63) is 65.2 Å². The molecule has 1 heterocycles. The summed E-state index contributed by atoms with van der Waals surface area (Å²) in [5, 5.41) is 0. The molecule has 0 atom stereocenters. The van der Waals surface area contributed by atoms with Gasteiger partial charge in [-0.05, 0) is 17.2 Å². The van der Waals surface area contributed by atoms with E-state index in [1.165, 1.54) is 5.56 Å². The Labute approximate surface area is 107 Å². The first-order valence-corrected chi connectivity index (χ1v) is 5.34. The average molecular weight is 242 g/mol. The molecule has 0 saturated heterocycles. The molecule has 1 aliphatic rings. The summed E-state index contributed by atoms with van der Waals surface area (Å²) in [4.78, 5) is 4.51. The van der Waals surface area contributed by atoms with E-state index in [9.17, 15) is 0 Å². The Bertz CT molecular complexity index is 481. The lowest BCUT2D eigenvalue weighted by molar-refractivity contribution is 1.49. The van der Waals surface area contributed by atoms with Crippen LogP contribution in [-0.4, -0.2) is 6.21 Å². The van der Waals surface area contributed by atoms with Crippen molar-refractivity contribution in [1.82, 2.24) is 0 Å². The molecule has 0 unspecified atom stereocenters. The Balaban J connectivity index is 0.00000108. The second kappa shape index (κ2) is 4.98. The number of hydrogen-bond acceptors (Lipinski definition) is 1. The Hall–Kier alpha value is -1.86. The van der Waals surface area contributed by atoms with Gasteiger partial charge in [0.15, 0.2) is 0 Å². The van der Waals surface area contributed by atoms with Gasteiger partial charge in [0.1, 0.15) is 0 Å². The summed E-state index contributed by atoms with van der Waals surface area (Å²) in [7, 11) is 0. The SMILES string of the molecule is C1=C\c2ccccc2/N=C\c2ccccc2/1.Cl. The minimum absolute atomic E-state index is 0. The first-order valence-electron chi connectivity index (χ1n) is 5.34. The van der Waals surface area contributed by atoms with Gasteiger partial charge in [-0.25, -0.2) is 0 Å². The van der Waals surface area contributed by atoms with Crippen LogP contribution >= 0.6 is 12.4 Å². The number of halogens is 1. The lowest BCUT2D eigenvalue weighted by Gasteiger charge is -2.06. The number of benzene rings is 2. The molecule has 0 radical (unpaired) electrons. The molecule has 0 N–H and O–H groups in total. The van der Waals surface area contributed by atoms with Gasteiger partial charge < -0.3 is 0 Å². The van der Waals surface area contributed by atoms with Crippen LogP contribution in [0.5, 0.6) is 0 Å². The zero-order chi connectivity index (χ0) is 10.8. The first kappa shape index (κ1) is 11.6. The van der Waals surface area contributed by atoms with Gasteiger partial charge in [-0.15, -0.1) is 12.4 Å². The molecule has 84 valence electrons. The number of fused-ring (bicyclic) bond motifs is 2. The number of aliphatic imine (C=N–C) groups is 1. The molecule has 2 aromatic rings. The number of nitrogens with zero attached hydrogens (tertiary/aromatic N) is 1. The molecule has 0 fully saturated rings. The molecule has 1 nitrogen and oxygen atoms in total. The van der Waals surface area contributed by atoms with Gasteiger partial charge in [0.2, 0.25) is 0 Å². The van der Waals surface area contributed by atoms with Crippen LogP contribution in [0.2, 0.25) is 0 Å². The molecular weight excluding hydrogens is 230 g/mol. The standard InChI is InChI=1S/C15H11N.ClH/c1-2-7-14-11-16-15-8-4-3-6-13(15)10-9-12(14)5-1;/h1-11H;1H/b10-9-,12-9?,13-10?,14-11?,16-11-,16-15?;. The Morgan fingerprint density at radius 2 is 1.24 bits per heavy atom. The van der Waals surface area contributed by atoms with Crippen molar-refractivity contribution in [3.63, 3.8) is 0 Å². The van der Waals surface area contributed by atoms with Crippen LogP contribution in [0, 0.1) is 0 Å². The van der Waals surface area contributed by atoms with Crippen molar-refractivity contribution in [1.29, 1.82) is 0 Å². The van der Waals surface area contributed by atoms with Crippen molar-refractivity contribution in [2.24, 2.45) is 4.99 Å². The van der Waals surface area contributed by atoms with Crippen molar-refractivity contribution in [2.45, 2.75) is 0 Å². The minimum Gasteiger partial charge on any atom is -0.256 e. The second-order valence-corrected chi connectivity index (χ2v) is 3.78. The molecule has 1 aliphatic heterocycles. The zero-order valence-electron chi connectivity index (χ0n) is 9.21. The monoisotopic (exact) mass is 241 g/mol. The summed E-state index contributed by atoms with van der Waals surface area (Å²) in [6.07, 6.45) is 6.18. The first-order chi connectivity index (χ1) is 7.93. The highest BCUT2D eigenvalue weighted by Gasteiger charge is 2.01. The van der Waals surface area contributed by atoms with Crippen molar-refractivity contribution < 1.29 is 0 Å². The fourth-order valence-electron chi connectivity index (χ4n) is 1.84. The number of para-hydroxylation sites is 1. The maximum atomic E-state index is 4.51. The summed E-state index contributed by atoms with van der Waals surface area (Å²) < 4.78 is 0. The third-order valence-corrected chi connectivity index (χ3v) is 2.72. The average Bonchev–Trinajstić information content (AvgIpc) is 2.32. The molecule has 3 rings (SSSR count). The molecule has 0 aromatic heterocycles. The summed E-state index contributed by atoms with van der Waals surface area (Å²) in [5.41, 5.74) is 4.55. The van der Waals surface area contributed by atoms with Gasteiger partial charge in [-0.1, -0.05) is 54.6 Å². The highest BCUT2D eigenvalue weighted by Crippen LogP contribution is 2.24. The van der Waals surface area contributed by atoms with E-state index in [0.717, 1.165) is 16.8 Å². The molecule has 0 spiro atoms. The fraction of sp³-hybridized carbons (Fsp3) is 0. The van der Waals surface area contributed by atoms with E-state index in [1.54, 1.807) is 0 Å². The molecule has 0 bridgehead atoms. The lowest BCUT2D eigenvalue weighted by Crippen LogP contribution is -1.88. The van der Waals surface area contributed by atoms with Crippen LogP contribution < -0.4 is 0 Å². The highest BCUT2D eigenvalue weighted by molar-refractivity contribution is 5.92. The smallest absolute Gasteiger partial charge is 0.0702 e. The molecule has 0 amide bonds. The van der Waals surface area contributed by atoms with Crippen molar-refractivity contribution in [2.75, 3.05) is 0 Å². The van der Waals surface area contributed by atoms with Gasteiger partial charge in [0.05, 0.1) is 5.69 Å². The summed E-state index contributed by atoms with van der Waals surface area (Å²) in [6.45, 7) is 0. The van der Waals surface area contributed by atoms with Crippen LogP contribution in [0.4, 0.5) is 5.69 Å². The molecular formula is C15H12ClN. The minimum atomic E-state index is 0. The van der Waals surface area contributed by atoms with E-state index in [1.807, 2.05) is 36.5 Å². The topological polar surface area (TPSA) is 12.4 Å².